The second-order valence-electron chi connectivity index (χ2n) is 8.66. The number of fused-ring (bicyclic) bond motifs is 1. The zero-order valence-electron chi connectivity index (χ0n) is 20.7. The molecule has 1 aliphatic heterocycles. The number of aromatic nitrogens is 3. The standard InChI is InChI=1S/C28H26FN5O2S/c1-17-9-4-7-14-23(17)31-26(35)24-18(2)30-27-32-28(37-16-19-10-8-11-20(15-19)36-3)33-34(27)25(24)21-12-5-6-13-22(21)29/h4-15,25H,16H2,1-3H3,(H,31,35)(H,30,32,33)/t25-/m0/s1. The molecule has 0 spiro atoms. The van der Waals surface area contributed by atoms with Crippen LogP contribution in [0.2, 0.25) is 0 Å². The molecule has 7 nitrogen and oxygen atoms in total. The Morgan fingerprint density at radius 2 is 1.89 bits per heavy atom. The molecule has 4 aromatic rings. The normalized spacial score (nSPS) is 14.6. The Morgan fingerprint density at radius 1 is 1.11 bits per heavy atom. The second kappa shape index (κ2) is 10.5. The Labute approximate surface area is 218 Å². The molecule has 3 aromatic carbocycles. The molecule has 0 unspecified atom stereocenters. The van der Waals surface area contributed by atoms with Crippen LogP contribution in [0, 0.1) is 12.7 Å². The van der Waals surface area contributed by atoms with E-state index in [4.69, 9.17) is 9.84 Å². The number of benzene rings is 3. The first-order valence-electron chi connectivity index (χ1n) is 11.8. The zero-order valence-corrected chi connectivity index (χ0v) is 21.5. The highest BCUT2D eigenvalue weighted by Gasteiger charge is 2.36. The number of hydrogen-bond donors (Lipinski definition) is 2. The molecule has 9 heteroatoms. The molecular formula is C28H26FN5O2S. The van der Waals surface area contributed by atoms with Crippen molar-refractivity contribution in [2.24, 2.45) is 0 Å². The van der Waals surface area contributed by atoms with Crippen molar-refractivity contribution in [3.8, 4) is 5.75 Å². The van der Waals surface area contributed by atoms with Crippen molar-refractivity contribution in [2.75, 3.05) is 17.7 Å². The van der Waals surface area contributed by atoms with Crippen LogP contribution in [-0.2, 0) is 10.5 Å². The third-order valence-electron chi connectivity index (χ3n) is 6.17. The number of halogens is 1. The predicted molar refractivity (Wildman–Crippen MR) is 143 cm³/mol. The average Bonchev–Trinajstić information content (AvgIpc) is 3.31. The highest BCUT2D eigenvalue weighted by molar-refractivity contribution is 7.98. The fourth-order valence-corrected chi connectivity index (χ4v) is 5.06. The molecule has 0 saturated carbocycles. The highest BCUT2D eigenvalue weighted by Crippen LogP contribution is 2.38. The first-order valence-corrected chi connectivity index (χ1v) is 12.7. The Bertz CT molecular complexity index is 1500. The van der Waals surface area contributed by atoms with Gasteiger partial charge in [0.25, 0.3) is 5.91 Å². The summed E-state index contributed by atoms with van der Waals surface area (Å²) in [5, 5.41) is 11.4. The molecular weight excluding hydrogens is 489 g/mol. The first kappa shape index (κ1) is 24.6. The Morgan fingerprint density at radius 3 is 2.68 bits per heavy atom. The molecule has 5 rings (SSSR count). The summed E-state index contributed by atoms with van der Waals surface area (Å²) in [6, 6.07) is 21.0. The SMILES string of the molecule is COc1cccc(CSc2nc3n(n2)[C@@H](c2ccccc2F)C(C(=O)Nc2ccccc2C)=C(C)N3)c1. The van der Waals surface area contributed by atoms with Crippen molar-refractivity contribution in [1.82, 2.24) is 14.8 Å². The number of aryl methyl sites for hydroxylation is 1. The summed E-state index contributed by atoms with van der Waals surface area (Å²) in [6.45, 7) is 3.72. The van der Waals surface area contributed by atoms with E-state index in [1.807, 2.05) is 55.5 Å². The first-order chi connectivity index (χ1) is 17.9. The minimum absolute atomic E-state index is 0.334. The smallest absolute Gasteiger partial charge is 0.255 e. The third-order valence-corrected chi connectivity index (χ3v) is 7.08. The van der Waals surface area contributed by atoms with Gasteiger partial charge in [0, 0.05) is 22.7 Å². The van der Waals surface area contributed by atoms with Gasteiger partial charge in [-0.25, -0.2) is 9.07 Å². The van der Waals surface area contributed by atoms with E-state index in [0.29, 0.717) is 39.4 Å². The van der Waals surface area contributed by atoms with Crippen molar-refractivity contribution in [3.05, 3.63) is 107 Å². The number of amides is 1. The number of ether oxygens (including phenoxy) is 1. The maximum absolute atomic E-state index is 15.1. The van der Waals surface area contributed by atoms with Crippen LogP contribution >= 0.6 is 11.8 Å². The van der Waals surface area contributed by atoms with Crippen LogP contribution in [0.25, 0.3) is 0 Å². The van der Waals surface area contributed by atoms with Crippen molar-refractivity contribution in [2.45, 2.75) is 30.8 Å². The van der Waals surface area contributed by atoms with Crippen molar-refractivity contribution in [3.63, 3.8) is 0 Å². The lowest BCUT2D eigenvalue weighted by atomic mass is 9.94. The topological polar surface area (TPSA) is 81.1 Å². The van der Waals surface area contributed by atoms with E-state index in [9.17, 15) is 4.79 Å². The van der Waals surface area contributed by atoms with Gasteiger partial charge in [0.2, 0.25) is 11.1 Å². The van der Waals surface area contributed by atoms with Crippen molar-refractivity contribution < 1.29 is 13.9 Å². The number of nitrogens with zero attached hydrogens (tertiary/aromatic N) is 3. The van der Waals surface area contributed by atoms with E-state index >= 15 is 4.39 Å². The molecule has 0 bridgehead atoms. The lowest BCUT2D eigenvalue weighted by Crippen LogP contribution is -2.32. The number of carbonyl (C=O) groups excluding carboxylic acids is 1. The highest BCUT2D eigenvalue weighted by atomic mass is 32.2. The van der Waals surface area contributed by atoms with Gasteiger partial charge < -0.3 is 15.4 Å². The van der Waals surface area contributed by atoms with Crippen LogP contribution < -0.4 is 15.4 Å². The van der Waals surface area contributed by atoms with Crippen LogP contribution in [0.4, 0.5) is 16.0 Å². The summed E-state index contributed by atoms with van der Waals surface area (Å²) in [6.07, 6.45) is 0. The van der Waals surface area contributed by atoms with Crippen molar-refractivity contribution >= 4 is 29.3 Å². The number of allylic oxidation sites excluding steroid dienone is 1. The molecule has 2 N–H and O–H groups in total. The number of hydrogen-bond acceptors (Lipinski definition) is 6. The summed E-state index contributed by atoms with van der Waals surface area (Å²) < 4.78 is 22.0. The van der Waals surface area contributed by atoms with E-state index < -0.39 is 11.9 Å². The van der Waals surface area contributed by atoms with Crippen LogP contribution in [0.1, 0.15) is 29.7 Å². The number of nitrogens with one attached hydrogen (secondary N) is 2. The summed E-state index contributed by atoms with van der Waals surface area (Å²) in [5.74, 6) is 1.10. The van der Waals surface area contributed by atoms with Crippen LogP contribution in [0.3, 0.4) is 0 Å². The lowest BCUT2D eigenvalue weighted by molar-refractivity contribution is -0.113. The van der Waals surface area contributed by atoms with Gasteiger partial charge in [-0.2, -0.15) is 4.98 Å². The van der Waals surface area contributed by atoms with Gasteiger partial charge in [-0.15, -0.1) is 5.10 Å². The molecule has 1 aliphatic rings. The van der Waals surface area contributed by atoms with Gasteiger partial charge in [-0.3, -0.25) is 4.79 Å². The molecule has 2 heterocycles. The predicted octanol–water partition coefficient (Wildman–Crippen LogP) is 5.95. The van der Waals surface area contributed by atoms with E-state index in [0.717, 1.165) is 16.9 Å². The molecule has 37 heavy (non-hydrogen) atoms. The monoisotopic (exact) mass is 515 g/mol. The molecule has 1 atom stereocenters. The number of carbonyl (C=O) groups is 1. The number of rotatable bonds is 7. The van der Waals surface area contributed by atoms with Gasteiger partial charge in [0.1, 0.15) is 17.6 Å². The summed E-state index contributed by atoms with van der Waals surface area (Å²) in [4.78, 5) is 18.2. The molecule has 1 amide bonds. The quantitative estimate of drug-likeness (QED) is 0.296. The van der Waals surface area contributed by atoms with Gasteiger partial charge in [-0.1, -0.05) is 60.3 Å². The fourth-order valence-electron chi connectivity index (χ4n) is 4.28. The van der Waals surface area contributed by atoms with Crippen LogP contribution in [0.15, 0.2) is 89.2 Å². The minimum atomic E-state index is -0.792. The number of para-hydroxylation sites is 1. The molecule has 0 radical (unpaired) electrons. The maximum atomic E-state index is 15.1. The second-order valence-corrected chi connectivity index (χ2v) is 9.60. The van der Waals surface area contributed by atoms with Gasteiger partial charge in [-0.05, 0) is 49.2 Å². The van der Waals surface area contributed by atoms with E-state index in [1.165, 1.54) is 17.8 Å². The number of methoxy groups -OCH3 is 1. The summed E-state index contributed by atoms with van der Waals surface area (Å²) >= 11 is 1.45. The fraction of sp³-hybridized carbons (Fsp3) is 0.179. The maximum Gasteiger partial charge on any atom is 0.255 e. The van der Waals surface area contributed by atoms with Crippen LogP contribution in [-0.4, -0.2) is 27.8 Å². The van der Waals surface area contributed by atoms with Gasteiger partial charge in [0.05, 0.1) is 12.7 Å². The van der Waals surface area contributed by atoms with E-state index in [-0.39, 0.29) is 5.91 Å². The lowest BCUT2D eigenvalue weighted by Gasteiger charge is -2.29. The molecule has 1 aromatic heterocycles. The number of thioether (sulfide) groups is 1. The molecule has 0 fully saturated rings. The Hall–Kier alpha value is -4.11. The van der Waals surface area contributed by atoms with Crippen LogP contribution in [0.5, 0.6) is 5.75 Å². The van der Waals surface area contributed by atoms with Crippen molar-refractivity contribution in [1.29, 1.82) is 0 Å². The Balaban J connectivity index is 1.49. The van der Waals surface area contributed by atoms with Gasteiger partial charge in [0.15, 0.2) is 0 Å². The zero-order chi connectivity index (χ0) is 25.9. The third kappa shape index (κ3) is 5.08. The largest absolute Gasteiger partial charge is 0.497 e. The molecule has 0 aliphatic carbocycles. The molecule has 188 valence electrons. The average molecular weight is 516 g/mol. The minimum Gasteiger partial charge on any atom is -0.497 e. The number of anilines is 2. The van der Waals surface area contributed by atoms with Gasteiger partial charge >= 0.3 is 0 Å². The summed E-state index contributed by atoms with van der Waals surface area (Å²) in [5.41, 5.74) is 3.98. The molecule has 0 saturated heterocycles. The summed E-state index contributed by atoms with van der Waals surface area (Å²) in [7, 11) is 1.63. The van der Waals surface area contributed by atoms with E-state index in [1.54, 1.807) is 36.9 Å². The van der Waals surface area contributed by atoms with E-state index in [2.05, 4.69) is 15.6 Å². The Kier molecular flexibility index (Phi) is 6.96.